The van der Waals surface area contributed by atoms with Gasteiger partial charge in [0.05, 0.1) is 11.0 Å². The maximum Gasteiger partial charge on any atom is 0.407 e. The van der Waals surface area contributed by atoms with E-state index in [1.165, 1.54) is 22.3 Å². The summed E-state index contributed by atoms with van der Waals surface area (Å²) in [4.78, 5) is 19.8. The predicted octanol–water partition coefficient (Wildman–Crippen LogP) is 5.15. The number of aromatic nitrogens is 2. The molecule has 1 aliphatic rings. The fourth-order valence-electron chi connectivity index (χ4n) is 4.26. The molecule has 2 N–H and O–H groups in total. The van der Waals surface area contributed by atoms with Crippen LogP contribution < -0.4 is 5.32 Å². The molecule has 0 bridgehead atoms. The van der Waals surface area contributed by atoms with Gasteiger partial charge in [0.1, 0.15) is 12.4 Å². The molecule has 0 fully saturated rings. The van der Waals surface area contributed by atoms with E-state index in [4.69, 9.17) is 4.74 Å². The van der Waals surface area contributed by atoms with Crippen molar-refractivity contribution in [3.05, 3.63) is 89.2 Å². The maximum absolute atomic E-state index is 12.2. The third-order valence-electron chi connectivity index (χ3n) is 5.70. The third kappa shape index (κ3) is 3.95. The standard InChI is InChI=1S/C27H23N3O2/c1-18-29-25-14-13-19(16-26(25)30-18)8-6-7-15-28-27(31)32-17-24-22-11-4-2-9-20(22)21-10-3-5-12-23(21)24/h2-5,9-14,16,24H,7,15,17H2,1H3,(H,28,31)(H,29,30). The molecule has 0 saturated carbocycles. The number of nitrogens with zero attached hydrogens (tertiary/aromatic N) is 1. The molecule has 0 saturated heterocycles. The van der Waals surface area contributed by atoms with E-state index in [0.29, 0.717) is 19.6 Å². The van der Waals surface area contributed by atoms with E-state index in [0.717, 1.165) is 22.4 Å². The number of amides is 1. The van der Waals surface area contributed by atoms with Gasteiger partial charge in [-0.05, 0) is 47.4 Å². The largest absolute Gasteiger partial charge is 0.449 e. The van der Waals surface area contributed by atoms with Crippen LogP contribution in [-0.4, -0.2) is 29.2 Å². The molecule has 32 heavy (non-hydrogen) atoms. The van der Waals surface area contributed by atoms with Gasteiger partial charge in [-0.2, -0.15) is 0 Å². The Hall–Kier alpha value is -4.04. The third-order valence-corrected chi connectivity index (χ3v) is 5.70. The van der Waals surface area contributed by atoms with Gasteiger partial charge in [0.2, 0.25) is 0 Å². The molecule has 0 radical (unpaired) electrons. The highest BCUT2D eigenvalue weighted by molar-refractivity contribution is 5.79. The van der Waals surface area contributed by atoms with Crippen LogP contribution in [0, 0.1) is 18.8 Å². The molecule has 158 valence electrons. The number of hydrogen-bond donors (Lipinski definition) is 2. The minimum atomic E-state index is -0.414. The highest BCUT2D eigenvalue weighted by atomic mass is 16.5. The van der Waals surface area contributed by atoms with E-state index >= 15 is 0 Å². The number of nitrogens with one attached hydrogen (secondary N) is 2. The second kappa shape index (κ2) is 8.60. The highest BCUT2D eigenvalue weighted by Crippen LogP contribution is 2.44. The molecule has 5 heteroatoms. The second-order valence-electron chi connectivity index (χ2n) is 7.86. The molecule has 3 aromatic carbocycles. The molecule has 1 heterocycles. The van der Waals surface area contributed by atoms with Gasteiger partial charge in [-0.15, -0.1) is 0 Å². The lowest BCUT2D eigenvalue weighted by Crippen LogP contribution is -2.26. The number of aromatic amines is 1. The molecule has 5 rings (SSSR count). The molecule has 0 spiro atoms. The van der Waals surface area contributed by atoms with E-state index in [-0.39, 0.29) is 5.92 Å². The number of fused-ring (bicyclic) bond motifs is 4. The average Bonchev–Trinajstić information content (AvgIpc) is 3.34. The van der Waals surface area contributed by atoms with Gasteiger partial charge >= 0.3 is 6.09 Å². The fourth-order valence-corrected chi connectivity index (χ4v) is 4.26. The van der Waals surface area contributed by atoms with Crippen LogP contribution in [-0.2, 0) is 4.74 Å². The van der Waals surface area contributed by atoms with Gasteiger partial charge in [-0.3, -0.25) is 0 Å². The number of ether oxygens (including phenoxy) is 1. The quantitative estimate of drug-likeness (QED) is 0.354. The first kappa shape index (κ1) is 19.9. The van der Waals surface area contributed by atoms with Gasteiger partial charge in [0, 0.05) is 24.4 Å². The summed E-state index contributed by atoms with van der Waals surface area (Å²) in [7, 11) is 0. The minimum Gasteiger partial charge on any atom is -0.449 e. The summed E-state index contributed by atoms with van der Waals surface area (Å²) in [5.41, 5.74) is 7.68. The van der Waals surface area contributed by atoms with Crippen molar-refractivity contribution in [2.45, 2.75) is 19.3 Å². The Morgan fingerprint density at radius 3 is 2.53 bits per heavy atom. The van der Waals surface area contributed by atoms with Gasteiger partial charge in [0.15, 0.2) is 0 Å². The molecule has 1 aromatic heterocycles. The van der Waals surface area contributed by atoms with Gasteiger partial charge < -0.3 is 15.0 Å². The molecule has 0 unspecified atom stereocenters. The van der Waals surface area contributed by atoms with Crippen LogP contribution in [0.1, 0.15) is 34.9 Å². The van der Waals surface area contributed by atoms with Crippen molar-refractivity contribution in [2.24, 2.45) is 0 Å². The number of imidazole rings is 1. The molecule has 1 aliphatic carbocycles. The Morgan fingerprint density at radius 1 is 1.06 bits per heavy atom. The Kier molecular flexibility index (Phi) is 5.35. The van der Waals surface area contributed by atoms with Crippen LogP contribution in [0.3, 0.4) is 0 Å². The van der Waals surface area contributed by atoms with Gasteiger partial charge in [-0.25, -0.2) is 9.78 Å². The zero-order valence-corrected chi connectivity index (χ0v) is 17.8. The lowest BCUT2D eigenvalue weighted by molar-refractivity contribution is 0.143. The van der Waals surface area contributed by atoms with E-state index in [9.17, 15) is 4.79 Å². The van der Waals surface area contributed by atoms with Crippen molar-refractivity contribution in [3.8, 4) is 23.0 Å². The summed E-state index contributed by atoms with van der Waals surface area (Å²) in [6, 6.07) is 22.5. The summed E-state index contributed by atoms with van der Waals surface area (Å²) in [6.07, 6.45) is 0.132. The van der Waals surface area contributed by atoms with E-state index in [2.05, 4.69) is 51.4 Å². The zero-order chi connectivity index (χ0) is 21.9. The Morgan fingerprint density at radius 2 is 1.78 bits per heavy atom. The average molecular weight is 422 g/mol. The van der Waals surface area contributed by atoms with E-state index < -0.39 is 6.09 Å². The highest BCUT2D eigenvalue weighted by Gasteiger charge is 2.28. The first-order valence-electron chi connectivity index (χ1n) is 10.7. The number of alkyl carbamates (subject to hydrolysis) is 1. The number of rotatable bonds is 4. The van der Waals surface area contributed by atoms with Gasteiger partial charge in [-0.1, -0.05) is 60.4 Å². The Balaban J connectivity index is 1.13. The van der Waals surface area contributed by atoms with E-state index in [1.54, 1.807) is 0 Å². The molecule has 0 aliphatic heterocycles. The van der Waals surface area contributed by atoms with Crippen molar-refractivity contribution in [1.82, 2.24) is 15.3 Å². The topological polar surface area (TPSA) is 67.0 Å². The van der Waals surface area contributed by atoms with Crippen molar-refractivity contribution in [2.75, 3.05) is 13.2 Å². The molecular weight excluding hydrogens is 398 g/mol. The Bertz CT molecular complexity index is 1310. The number of H-pyrrole nitrogens is 1. The first-order chi connectivity index (χ1) is 15.7. The van der Waals surface area contributed by atoms with Crippen LogP contribution in [0.5, 0.6) is 0 Å². The number of benzene rings is 3. The Labute approximate surface area is 186 Å². The van der Waals surface area contributed by atoms with Crippen molar-refractivity contribution in [3.63, 3.8) is 0 Å². The predicted molar refractivity (Wildman–Crippen MR) is 125 cm³/mol. The lowest BCUT2D eigenvalue weighted by Gasteiger charge is -2.14. The molecular formula is C27H23N3O2. The van der Waals surface area contributed by atoms with E-state index in [1.807, 2.05) is 49.4 Å². The number of aryl methyl sites for hydroxylation is 1. The summed E-state index contributed by atoms with van der Waals surface area (Å²) in [5.74, 6) is 7.18. The molecule has 1 amide bonds. The monoisotopic (exact) mass is 421 g/mol. The van der Waals surface area contributed by atoms with Crippen LogP contribution >= 0.6 is 0 Å². The van der Waals surface area contributed by atoms with Crippen LogP contribution in [0.15, 0.2) is 66.7 Å². The van der Waals surface area contributed by atoms with Crippen molar-refractivity contribution >= 4 is 17.1 Å². The maximum atomic E-state index is 12.2. The van der Waals surface area contributed by atoms with Crippen LogP contribution in [0.4, 0.5) is 4.79 Å². The number of hydrogen-bond acceptors (Lipinski definition) is 3. The smallest absolute Gasteiger partial charge is 0.407 e. The summed E-state index contributed by atoms with van der Waals surface area (Å²) >= 11 is 0. The molecule has 5 nitrogen and oxygen atoms in total. The molecule has 4 aromatic rings. The lowest BCUT2D eigenvalue weighted by atomic mass is 9.98. The van der Waals surface area contributed by atoms with Crippen LogP contribution in [0.2, 0.25) is 0 Å². The summed E-state index contributed by atoms with van der Waals surface area (Å²) < 4.78 is 5.55. The summed E-state index contributed by atoms with van der Waals surface area (Å²) in [5, 5.41) is 2.79. The minimum absolute atomic E-state index is 0.0639. The fraction of sp³-hybridized carbons (Fsp3) is 0.185. The van der Waals surface area contributed by atoms with Gasteiger partial charge in [0.25, 0.3) is 0 Å². The summed E-state index contributed by atoms with van der Waals surface area (Å²) in [6.45, 7) is 2.69. The second-order valence-corrected chi connectivity index (χ2v) is 7.86. The van der Waals surface area contributed by atoms with Crippen molar-refractivity contribution < 1.29 is 9.53 Å². The SMILES string of the molecule is Cc1nc2ccc(C#CCCNC(=O)OCC3c4ccccc4-c4ccccc43)cc2[nH]1. The normalized spacial score (nSPS) is 12.0. The number of carbonyl (C=O) groups is 1. The van der Waals surface area contributed by atoms with Crippen LogP contribution in [0.25, 0.3) is 22.2 Å². The zero-order valence-electron chi connectivity index (χ0n) is 17.8. The first-order valence-corrected chi connectivity index (χ1v) is 10.7. The van der Waals surface area contributed by atoms with Crippen molar-refractivity contribution in [1.29, 1.82) is 0 Å². The molecule has 0 atom stereocenters. The number of carbonyl (C=O) groups excluding carboxylic acids is 1.